The largest absolute Gasteiger partial charge is 0.486 e. The second kappa shape index (κ2) is 4.75. The Hall–Kier alpha value is -2.32. The summed E-state index contributed by atoms with van der Waals surface area (Å²) in [4.78, 5) is 0. The minimum Gasteiger partial charge on any atom is -0.486 e. The zero-order valence-corrected chi connectivity index (χ0v) is 10.1. The Morgan fingerprint density at radius 2 is 2.11 bits per heavy atom. The maximum atomic E-state index is 5.76. The summed E-state index contributed by atoms with van der Waals surface area (Å²) in [5, 5.41) is 9.12. The Balaban J connectivity index is 1.74. The van der Waals surface area contributed by atoms with E-state index in [0.29, 0.717) is 24.7 Å². The number of hydrazine groups is 1. The van der Waals surface area contributed by atoms with Crippen LogP contribution in [0.15, 0.2) is 28.4 Å². The van der Waals surface area contributed by atoms with Crippen molar-refractivity contribution >= 4 is 17.6 Å². The number of anilines is 1. The van der Waals surface area contributed by atoms with Crippen molar-refractivity contribution in [1.29, 1.82) is 0 Å². The third-order valence-corrected chi connectivity index (χ3v) is 2.77. The first kappa shape index (κ1) is 11.8. The third kappa shape index (κ3) is 2.30. The molecule has 100 valence electrons. The zero-order valence-electron chi connectivity index (χ0n) is 10.1. The SMILES string of the molecule is NC1C(=NNc2ccc3c(c2)OCCO3)C=NN1N. The van der Waals surface area contributed by atoms with E-state index >= 15 is 0 Å². The Bertz CT molecular complexity index is 544. The minimum atomic E-state index is -0.537. The lowest BCUT2D eigenvalue weighted by Crippen LogP contribution is -2.44. The van der Waals surface area contributed by atoms with Crippen LogP contribution in [0.3, 0.4) is 0 Å². The number of benzene rings is 1. The quantitative estimate of drug-likeness (QED) is 0.498. The molecular weight excluding hydrogens is 248 g/mol. The molecule has 0 aliphatic carbocycles. The van der Waals surface area contributed by atoms with Crippen molar-refractivity contribution < 1.29 is 9.47 Å². The molecule has 2 heterocycles. The van der Waals surface area contributed by atoms with E-state index in [-0.39, 0.29) is 0 Å². The van der Waals surface area contributed by atoms with Crippen LogP contribution in [0.2, 0.25) is 0 Å². The summed E-state index contributed by atoms with van der Waals surface area (Å²) in [6.45, 7) is 1.12. The standard InChI is InChI=1S/C11H14N6O2/c12-11-8(6-14-17(11)13)16-15-7-1-2-9-10(5-7)19-4-3-18-9/h1-2,5-6,11,15H,3-4,12-13H2. The minimum absolute atomic E-state index is 0.537. The normalized spacial score (nSPS) is 22.9. The maximum Gasteiger partial charge on any atom is 0.163 e. The molecule has 8 heteroatoms. The number of hydrogen-bond donors (Lipinski definition) is 3. The van der Waals surface area contributed by atoms with Crippen LogP contribution in [0.5, 0.6) is 11.5 Å². The summed E-state index contributed by atoms with van der Waals surface area (Å²) in [5.74, 6) is 6.92. The highest BCUT2D eigenvalue weighted by Gasteiger charge is 2.20. The van der Waals surface area contributed by atoms with Crippen LogP contribution in [-0.2, 0) is 0 Å². The highest BCUT2D eigenvalue weighted by molar-refractivity contribution is 6.34. The fraction of sp³-hybridized carbons (Fsp3) is 0.273. The van der Waals surface area contributed by atoms with Gasteiger partial charge in [0.1, 0.15) is 18.9 Å². The van der Waals surface area contributed by atoms with Crippen molar-refractivity contribution in [3.63, 3.8) is 0 Å². The summed E-state index contributed by atoms with van der Waals surface area (Å²) in [7, 11) is 0. The highest BCUT2D eigenvalue weighted by Crippen LogP contribution is 2.32. The summed E-state index contributed by atoms with van der Waals surface area (Å²) in [6.07, 6.45) is 0.972. The first-order chi connectivity index (χ1) is 9.24. The number of nitrogens with two attached hydrogens (primary N) is 2. The molecule has 5 N–H and O–H groups in total. The van der Waals surface area contributed by atoms with Crippen molar-refractivity contribution in [3.05, 3.63) is 18.2 Å². The number of nitrogens with zero attached hydrogens (tertiary/aromatic N) is 3. The van der Waals surface area contributed by atoms with Crippen LogP contribution in [-0.4, -0.2) is 36.4 Å². The molecule has 19 heavy (non-hydrogen) atoms. The van der Waals surface area contributed by atoms with Crippen molar-refractivity contribution in [2.24, 2.45) is 21.8 Å². The Kier molecular flexibility index (Phi) is 2.94. The van der Waals surface area contributed by atoms with Crippen LogP contribution in [0, 0.1) is 0 Å². The number of ether oxygens (including phenoxy) is 2. The van der Waals surface area contributed by atoms with Crippen molar-refractivity contribution in [1.82, 2.24) is 5.12 Å². The van der Waals surface area contributed by atoms with Crippen LogP contribution >= 0.6 is 0 Å². The van der Waals surface area contributed by atoms with E-state index in [1.807, 2.05) is 18.2 Å². The van der Waals surface area contributed by atoms with Gasteiger partial charge in [0.25, 0.3) is 0 Å². The lowest BCUT2D eigenvalue weighted by atomic mass is 10.2. The van der Waals surface area contributed by atoms with Gasteiger partial charge in [-0.05, 0) is 12.1 Å². The van der Waals surface area contributed by atoms with E-state index in [0.717, 1.165) is 16.6 Å². The summed E-state index contributed by atoms with van der Waals surface area (Å²) < 4.78 is 10.9. The van der Waals surface area contributed by atoms with E-state index in [1.54, 1.807) is 0 Å². The number of rotatable bonds is 2. The highest BCUT2D eigenvalue weighted by atomic mass is 16.6. The molecule has 1 aromatic carbocycles. The average Bonchev–Trinajstić information content (AvgIpc) is 2.76. The molecule has 0 aromatic heterocycles. The Morgan fingerprint density at radius 3 is 2.84 bits per heavy atom. The summed E-state index contributed by atoms with van der Waals surface area (Å²) in [6, 6.07) is 5.49. The van der Waals surface area contributed by atoms with E-state index < -0.39 is 6.17 Å². The summed E-state index contributed by atoms with van der Waals surface area (Å²) >= 11 is 0. The predicted octanol–water partition coefficient (Wildman–Crippen LogP) is -0.314. The molecule has 1 aromatic rings. The molecule has 2 aliphatic heterocycles. The van der Waals surface area contributed by atoms with Crippen molar-refractivity contribution in [3.8, 4) is 11.5 Å². The van der Waals surface area contributed by atoms with Gasteiger partial charge in [-0.3, -0.25) is 5.43 Å². The second-order valence-corrected chi connectivity index (χ2v) is 4.08. The molecule has 8 nitrogen and oxygen atoms in total. The second-order valence-electron chi connectivity index (χ2n) is 4.08. The molecule has 1 unspecified atom stereocenters. The number of hydrogen-bond acceptors (Lipinski definition) is 8. The van der Waals surface area contributed by atoms with Gasteiger partial charge in [-0.2, -0.15) is 10.2 Å². The van der Waals surface area contributed by atoms with Crippen LogP contribution < -0.4 is 26.5 Å². The lowest BCUT2D eigenvalue weighted by molar-refractivity contribution is 0.171. The number of nitrogens with one attached hydrogen (secondary N) is 1. The molecule has 0 amide bonds. The van der Waals surface area contributed by atoms with Gasteiger partial charge in [0.15, 0.2) is 17.7 Å². The van der Waals surface area contributed by atoms with Crippen LogP contribution in [0.25, 0.3) is 0 Å². The number of fused-ring (bicyclic) bond motifs is 1. The molecule has 3 rings (SSSR count). The number of hydrazone groups is 2. The molecule has 2 aliphatic rings. The van der Waals surface area contributed by atoms with Gasteiger partial charge < -0.3 is 15.2 Å². The molecule has 0 saturated heterocycles. The monoisotopic (exact) mass is 262 g/mol. The first-order valence-electron chi connectivity index (χ1n) is 5.81. The molecule has 0 saturated carbocycles. The zero-order chi connectivity index (χ0) is 13.2. The molecule has 0 spiro atoms. The molecule has 0 fully saturated rings. The van der Waals surface area contributed by atoms with E-state index in [9.17, 15) is 0 Å². The molecule has 0 bridgehead atoms. The lowest BCUT2D eigenvalue weighted by Gasteiger charge is -2.18. The van der Waals surface area contributed by atoms with Gasteiger partial charge in [-0.25, -0.2) is 11.0 Å². The fourth-order valence-electron chi connectivity index (χ4n) is 1.75. The molecule has 1 atom stereocenters. The van der Waals surface area contributed by atoms with Crippen molar-refractivity contribution in [2.75, 3.05) is 18.6 Å². The van der Waals surface area contributed by atoms with Gasteiger partial charge in [0, 0.05) is 6.07 Å². The predicted molar refractivity (Wildman–Crippen MR) is 71.0 cm³/mol. The molecule has 0 radical (unpaired) electrons. The average molecular weight is 262 g/mol. The van der Waals surface area contributed by atoms with Gasteiger partial charge >= 0.3 is 0 Å². The van der Waals surface area contributed by atoms with E-state index in [4.69, 9.17) is 21.1 Å². The smallest absolute Gasteiger partial charge is 0.163 e. The van der Waals surface area contributed by atoms with E-state index in [2.05, 4.69) is 15.6 Å². The maximum absolute atomic E-state index is 5.76. The van der Waals surface area contributed by atoms with Gasteiger partial charge in [-0.15, -0.1) is 0 Å². The topological polar surface area (TPSA) is 110 Å². The third-order valence-electron chi connectivity index (χ3n) is 2.77. The first-order valence-corrected chi connectivity index (χ1v) is 5.81. The van der Waals surface area contributed by atoms with Gasteiger partial charge in [0.05, 0.1) is 11.9 Å². The Morgan fingerprint density at radius 1 is 1.32 bits per heavy atom. The summed E-state index contributed by atoms with van der Waals surface area (Å²) in [5.41, 5.74) is 9.97. The van der Waals surface area contributed by atoms with E-state index in [1.165, 1.54) is 6.21 Å². The Labute approximate surface area is 109 Å². The van der Waals surface area contributed by atoms with Gasteiger partial charge in [-0.1, -0.05) is 0 Å². The van der Waals surface area contributed by atoms with Crippen LogP contribution in [0.4, 0.5) is 5.69 Å². The fourth-order valence-corrected chi connectivity index (χ4v) is 1.75. The molecular formula is C11H14N6O2. The van der Waals surface area contributed by atoms with Crippen molar-refractivity contribution in [2.45, 2.75) is 6.17 Å². The van der Waals surface area contributed by atoms with Crippen LogP contribution in [0.1, 0.15) is 0 Å². The van der Waals surface area contributed by atoms with Gasteiger partial charge in [0.2, 0.25) is 0 Å².